The van der Waals surface area contributed by atoms with Gasteiger partial charge in [0.1, 0.15) is 6.79 Å². The van der Waals surface area contributed by atoms with Gasteiger partial charge in [-0.2, -0.15) is 0 Å². The minimum absolute atomic E-state index is 0.152. The third kappa shape index (κ3) is 3.59. The number of pyridine rings is 1. The van der Waals surface area contributed by atoms with Gasteiger partial charge in [0.05, 0.1) is 26.2 Å². The van der Waals surface area contributed by atoms with E-state index in [0.717, 1.165) is 16.5 Å². The summed E-state index contributed by atoms with van der Waals surface area (Å²) >= 11 is 0. The zero-order chi connectivity index (χ0) is 20.4. The lowest BCUT2D eigenvalue weighted by atomic mass is 10.0. The Kier molecular flexibility index (Phi) is 5.28. The van der Waals surface area contributed by atoms with E-state index in [1.807, 2.05) is 18.2 Å². The summed E-state index contributed by atoms with van der Waals surface area (Å²) in [7, 11) is 4.65. The lowest BCUT2D eigenvalue weighted by Gasteiger charge is -2.13. The first-order valence-corrected chi connectivity index (χ1v) is 8.93. The van der Waals surface area contributed by atoms with Crippen LogP contribution in [0.5, 0.6) is 23.0 Å². The predicted octanol–water partition coefficient (Wildman–Crippen LogP) is 3.06. The Morgan fingerprint density at radius 3 is 2.41 bits per heavy atom. The van der Waals surface area contributed by atoms with Crippen LogP contribution in [0, 0.1) is 0 Å². The van der Waals surface area contributed by atoms with Crippen molar-refractivity contribution in [2.75, 3.05) is 34.9 Å². The fourth-order valence-corrected chi connectivity index (χ4v) is 3.33. The summed E-state index contributed by atoms with van der Waals surface area (Å²) in [5.41, 5.74) is 2.00. The molecule has 2 heterocycles. The van der Waals surface area contributed by atoms with Crippen molar-refractivity contribution < 1.29 is 28.4 Å². The molecule has 0 saturated heterocycles. The number of hydrogen-bond acceptors (Lipinski definition) is 7. The van der Waals surface area contributed by atoms with E-state index in [2.05, 4.69) is 4.98 Å². The average molecular weight is 399 g/mol. The number of fused-ring (bicyclic) bond motifs is 2. The normalized spacial score (nSPS) is 12.4. The fourth-order valence-electron chi connectivity index (χ4n) is 3.33. The van der Waals surface area contributed by atoms with Gasteiger partial charge < -0.3 is 33.4 Å². The minimum Gasteiger partial charge on any atom is -0.493 e. The summed E-state index contributed by atoms with van der Waals surface area (Å²) in [5.74, 6) is 2.30. The van der Waals surface area contributed by atoms with Crippen molar-refractivity contribution in [1.82, 2.24) is 4.98 Å². The van der Waals surface area contributed by atoms with Crippen LogP contribution in [0.3, 0.4) is 0 Å². The molecule has 1 aliphatic rings. The molecule has 0 saturated carbocycles. The van der Waals surface area contributed by atoms with Gasteiger partial charge in [-0.25, -0.2) is 0 Å². The van der Waals surface area contributed by atoms with E-state index in [1.165, 1.54) is 7.11 Å². The highest BCUT2D eigenvalue weighted by Crippen LogP contribution is 2.39. The van der Waals surface area contributed by atoms with Crippen LogP contribution in [0.15, 0.2) is 35.1 Å². The van der Waals surface area contributed by atoms with Crippen LogP contribution >= 0.6 is 0 Å². The van der Waals surface area contributed by atoms with Crippen molar-refractivity contribution in [2.45, 2.75) is 6.61 Å². The molecular weight excluding hydrogens is 378 g/mol. The molecule has 0 aliphatic carbocycles. The molecule has 2 aromatic carbocycles. The van der Waals surface area contributed by atoms with Gasteiger partial charge in [-0.15, -0.1) is 0 Å². The molecule has 1 N–H and O–H groups in total. The third-order valence-corrected chi connectivity index (χ3v) is 4.70. The molecule has 0 bridgehead atoms. The Morgan fingerprint density at radius 2 is 1.69 bits per heavy atom. The largest absolute Gasteiger partial charge is 0.493 e. The molecule has 0 fully saturated rings. The van der Waals surface area contributed by atoms with E-state index in [4.69, 9.17) is 28.4 Å². The number of methoxy groups -OCH3 is 3. The van der Waals surface area contributed by atoms with Crippen molar-refractivity contribution in [2.24, 2.45) is 0 Å². The van der Waals surface area contributed by atoms with Gasteiger partial charge in [-0.1, -0.05) is 0 Å². The number of benzene rings is 2. The van der Waals surface area contributed by atoms with E-state index in [9.17, 15) is 4.79 Å². The number of aromatic nitrogens is 1. The van der Waals surface area contributed by atoms with E-state index in [0.29, 0.717) is 34.1 Å². The van der Waals surface area contributed by atoms with Gasteiger partial charge in [0.25, 0.3) is 5.56 Å². The average Bonchev–Trinajstić information content (AvgIpc) is 3.19. The summed E-state index contributed by atoms with van der Waals surface area (Å²) in [6.45, 7) is 0.591. The first-order valence-electron chi connectivity index (χ1n) is 8.93. The highest BCUT2D eigenvalue weighted by Gasteiger charge is 2.20. The molecule has 152 valence electrons. The Bertz CT molecular complexity index is 1110. The predicted molar refractivity (Wildman–Crippen MR) is 106 cm³/mol. The highest BCUT2D eigenvalue weighted by atomic mass is 16.7. The van der Waals surface area contributed by atoms with E-state index in [-0.39, 0.29) is 25.8 Å². The van der Waals surface area contributed by atoms with Crippen LogP contribution in [0.25, 0.3) is 22.0 Å². The monoisotopic (exact) mass is 399 g/mol. The van der Waals surface area contributed by atoms with Crippen molar-refractivity contribution in [1.29, 1.82) is 0 Å². The van der Waals surface area contributed by atoms with Crippen LogP contribution in [0.1, 0.15) is 5.56 Å². The summed E-state index contributed by atoms with van der Waals surface area (Å²) in [4.78, 5) is 15.7. The number of rotatable bonds is 7. The van der Waals surface area contributed by atoms with E-state index < -0.39 is 0 Å². The van der Waals surface area contributed by atoms with E-state index >= 15 is 0 Å². The number of hydrogen-bond donors (Lipinski definition) is 1. The Hall–Kier alpha value is -3.23. The molecule has 8 nitrogen and oxygen atoms in total. The molecule has 8 heteroatoms. The first-order chi connectivity index (χ1) is 14.1. The van der Waals surface area contributed by atoms with Crippen molar-refractivity contribution in [3.05, 3.63) is 46.2 Å². The van der Waals surface area contributed by atoms with Gasteiger partial charge in [-0.3, -0.25) is 4.79 Å². The lowest BCUT2D eigenvalue weighted by molar-refractivity contribution is -0.0389. The first kappa shape index (κ1) is 19.1. The van der Waals surface area contributed by atoms with Crippen molar-refractivity contribution >= 4 is 10.8 Å². The van der Waals surface area contributed by atoms with Crippen LogP contribution < -0.4 is 24.5 Å². The quantitative estimate of drug-likeness (QED) is 0.482. The SMILES string of the molecule is COCOCc1cc2c(cc1-c1cc3cc(OC)c(OC)cc3c(=O)[nH]1)OCO2. The number of ether oxygens (including phenoxy) is 6. The van der Waals surface area contributed by atoms with Crippen LogP contribution in [0.4, 0.5) is 0 Å². The molecule has 29 heavy (non-hydrogen) atoms. The smallest absolute Gasteiger partial charge is 0.256 e. The Balaban J connectivity index is 1.86. The molecule has 1 aromatic heterocycles. The minimum atomic E-state index is -0.236. The fraction of sp³-hybridized carbons (Fsp3) is 0.286. The number of nitrogens with one attached hydrogen (secondary N) is 1. The molecule has 0 spiro atoms. The standard InChI is InChI=1S/C21H21NO7/c1-24-10-27-9-13-6-19-20(29-11-28-19)7-14(13)16-4-12-5-17(25-2)18(26-3)8-15(12)21(23)22-16/h4-8H,9-11H2,1-3H3,(H,22,23). The van der Waals surface area contributed by atoms with Gasteiger partial charge in [0.15, 0.2) is 23.0 Å². The maximum Gasteiger partial charge on any atom is 0.256 e. The Labute approximate surface area is 166 Å². The highest BCUT2D eigenvalue weighted by molar-refractivity contribution is 5.88. The lowest BCUT2D eigenvalue weighted by Crippen LogP contribution is -2.09. The van der Waals surface area contributed by atoms with Gasteiger partial charge in [0.2, 0.25) is 6.79 Å². The molecule has 1 aliphatic heterocycles. The summed E-state index contributed by atoms with van der Waals surface area (Å²) in [6, 6.07) is 9.02. The Morgan fingerprint density at radius 1 is 0.966 bits per heavy atom. The van der Waals surface area contributed by atoms with Crippen LogP contribution in [0.2, 0.25) is 0 Å². The second kappa shape index (κ2) is 8.02. The summed E-state index contributed by atoms with van der Waals surface area (Å²) in [6.07, 6.45) is 0. The number of aromatic amines is 1. The van der Waals surface area contributed by atoms with Gasteiger partial charge >= 0.3 is 0 Å². The number of H-pyrrole nitrogens is 1. The molecule has 3 aromatic rings. The zero-order valence-electron chi connectivity index (χ0n) is 16.4. The molecule has 0 radical (unpaired) electrons. The zero-order valence-corrected chi connectivity index (χ0v) is 16.4. The summed E-state index contributed by atoms with van der Waals surface area (Å²) in [5, 5.41) is 1.23. The maximum atomic E-state index is 12.8. The second-order valence-electron chi connectivity index (χ2n) is 6.42. The molecule has 0 amide bonds. The van der Waals surface area contributed by atoms with Crippen molar-refractivity contribution in [3.63, 3.8) is 0 Å². The molecular formula is C21H21NO7. The molecule has 0 atom stereocenters. The molecule has 0 unspecified atom stereocenters. The van der Waals surface area contributed by atoms with Crippen molar-refractivity contribution in [3.8, 4) is 34.3 Å². The molecule has 4 rings (SSSR count). The van der Waals surface area contributed by atoms with Gasteiger partial charge in [0, 0.05) is 18.4 Å². The topological polar surface area (TPSA) is 88.2 Å². The second-order valence-corrected chi connectivity index (χ2v) is 6.42. The van der Waals surface area contributed by atoms with E-state index in [1.54, 1.807) is 26.4 Å². The van der Waals surface area contributed by atoms with Crippen LogP contribution in [-0.4, -0.2) is 39.9 Å². The van der Waals surface area contributed by atoms with Crippen LogP contribution in [-0.2, 0) is 16.1 Å². The third-order valence-electron chi connectivity index (χ3n) is 4.70. The summed E-state index contributed by atoms with van der Waals surface area (Å²) < 4.78 is 32.2. The maximum absolute atomic E-state index is 12.8. The van der Waals surface area contributed by atoms with Gasteiger partial charge in [-0.05, 0) is 41.3 Å².